The van der Waals surface area contributed by atoms with Crippen LogP contribution in [0.15, 0.2) is 12.4 Å². The van der Waals surface area contributed by atoms with Gasteiger partial charge in [0.1, 0.15) is 0 Å². The zero-order valence-corrected chi connectivity index (χ0v) is 7.36. The van der Waals surface area contributed by atoms with E-state index in [1.807, 2.05) is 17.8 Å². The van der Waals surface area contributed by atoms with Crippen molar-refractivity contribution >= 4 is 0 Å². The molecule has 0 aromatic carbocycles. The molecular formula is C8H15N3O. The maximum Gasteiger partial charge on any atom is 0.157 e. The summed E-state index contributed by atoms with van der Waals surface area (Å²) in [5.74, 6) is 0.824. The molecule has 12 heavy (non-hydrogen) atoms. The van der Waals surface area contributed by atoms with Crippen LogP contribution in [-0.4, -0.2) is 22.9 Å². The van der Waals surface area contributed by atoms with Crippen LogP contribution in [0.4, 0.5) is 0 Å². The quantitative estimate of drug-likeness (QED) is 0.658. The van der Waals surface area contributed by atoms with Gasteiger partial charge in [-0.05, 0) is 19.9 Å². The zero-order valence-electron chi connectivity index (χ0n) is 7.36. The van der Waals surface area contributed by atoms with Crippen molar-refractivity contribution in [2.45, 2.75) is 19.9 Å². The maximum atomic E-state index is 5.37. The van der Waals surface area contributed by atoms with Gasteiger partial charge in [0.25, 0.3) is 0 Å². The van der Waals surface area contributed by atoms with Gasteiger partial charge in [-0.1, -0.05) is 0 Å². The smallest absolute Gasteiger partial charge is 0.157 e. The van der Waals surface area contributed by atoms with Crippen molar-refractivity contribution in [3.05, 3.63) is 12.4 Å². The molecule has 0 amide bonds. The Morgan fingerprint density at radius 1 is 1.67 bits per heavy atom. The molecule has 0 aliphatic heterocycles. The van der Waals surface area contributed by atoms with Crippen LogP contribution in [-0.2, 0) is 6.54 Å². The van der Waals surface area contributed by atoms with E-state index < -0.39 is 0 Å². The molecule has 0 saturated carbocycles. The van der Waals surface area contributed by atoms with E-state index in [4.69, 9.17) is 10.5 Å². The van der Waals surface area contributed by atoms with Crippen LogP contribution in [0.5, 0.6) is 5.75 Å². The van der Waals surface area contributed by atoms with Gasteiger partial charge in [-0.15, -0.1) is 0 Å². The van der Waals surface area contributed by atoms with Crippen molar-refractivity contribution in [2.75, 3.05) is 13.2 Å². The third-order valence-corrected chi connectivity index (χ3v) is 1.55. The van der Waals surface area contributed by atoms with Gasteiger partial charge >= 0.3 is 0 Å². The van der Waals surface area contributed by atoms with Crippen LogP contribution >= 0.6 is 0 Å². The van der Waals surface area contributed by atoms with E-state index in [9.17, 15) is 0 Å². The molecule has 0 saturated heterocycles. The first-order valence-corrected chi connectivity index (χ1v) is 4.22. The highest BCUT2D eigenvalue weighted by Gasteiger charge is 1.96. The lowest BCUT2D eigenvalue weighted by Crippen LogP contribution is -2.05. The Bertz CT molecular complexity index is 222. The summed E-state index contributed by atoms with van der Waals surface area (Å²) in [6.07, 6.45) is 4.49. The second-order valence-corrected chi connectivity index (χ2v) is 2.52. The van der Waals surface area contributed by atoms with Gasteiger partial charge in [-0.3, -0.25) is 4.68 Å². The summed E-state index contributed by atoms with van der Waals surface area (Å²) in [5.41, 5.74) is 5.32. The van der Waals surface area contributed by atoms with Crippen LogP contribution < -0.4 is 10.5 Å². The predicted molar refractivity (Wildman–Crippen MR) is 47.1 cm³/mol. The lowest BCUT2D eigenvalue weighted by molar-refractivity contribution is 0.313. The molecule has 4 heteroatoms. The van der Waals surface area contributed by atoms with Crippen LogP contribution in [0.2, 0.25) is 0 Å². The van der Waals surface area contributed by atoms with E-state index in [0.717, 1.165) is 18.7 Å². The summed E-state index contributed by atoms with van der Waals surface area (Å²) in [6.45, 7) is 4.25. The number of nitrogens with two attached hydrogens (primary N) is 1. The van der Waals surface area contributed by atoms with Crippen molar-refractivity contribution in [2.24, 2.45) is 5.73 Å². The minimum Gasteiger partial charge on any atom is -0.490 e. The van der Waals surface area contributed by atoms with Crippen LogP contribution in [0, 0.1) is 0 Å². The number of hydrogen-bond acceptors (Lipinski definition) is 3. The molecule has 0 aliphatic carbocycles. The van der Waals surface area contributed by atoms with Crippen LogP contribution in [0.25, 0.3) is 0 Å². The molecule has 0 atom stereocenters. The number of aryl methyl sites for hydroxylation is 1. The molecule has 0 bridgehead atoms. The lowest BCUT2D eigenvalue weighted by Gasteiger charge is -1.99. The first kappa shape index (κ1) is 9.06. The standard InChI is InChI=1S/C8H15N3O/c1-2-11-7-8(6-10-11)12-5-3-4-9/h6-7H,2-5,9H2,1H3. The monoisotopic (exact) mass is 169 g/mol. The molecule has 2 N–H and O–H groups in total. The third-order valence-electron chi connectivity index (χ3n) is 1.55. The Labute approximate surface area is 72.3 Å². The van der Waals surface area contributed by atoms with Crippen molar-refractivity contribution < 1.29 is 4.74 Å². The minimum absolute atomic E-state index is 0.669. The SMILES string of the molecule is CCn1cc(OCCCN)cn1. The van der Waals surface area contributed by atoms with Gasteiger partial charge < -0.3 is 10.5 Å². The molecule has 0 fully saturated rings. The maximum absolute atomic E-state index is 5.37. The van der Waals surface area contributed by atoms with Gasteiger partial charge in [0.2, 0.25) is 0 Å². The molecule has 1 aromatic heterocycles. The number of nitrogens with zero attached hydrogens (tertiary/aromatic N) is 2. The number of ether oxygens (including phenoxy) is 1. The first-order chi connectivity index (χ1) is 5.86. The Balaban J connectivity index is 2.31. The summed E-state index contributed by atoms with van der Waals surface area (Å²) in [7, 11) is 0. The fourth-order valence-corrected chi connectivity index (χ4v) is 0.865. The normalized spacial score (nSPS) is 10.2. The number of hydrogen-bond donors (Lipinski definition) is 1. The van der Waals surface area contributed by atoms with Gasteiger partial charge in [-0.25, -0.2) is 0 Å². The van der Waals surface area contributed by atoms with Gasteiger partial charge in [-0.2, -0.15) is 5.10 Å². The van der Waals surface area contributed by atoms with E-state index in [-0.39, 0.29) is 0 Å². The fraction of sp³-hybridized carbons (Fsp3) is 0.625. The van der Waals surface area contributed by atoms with Gasteiger partial charge in [0, 0.05) is 6.54 Å². The second kappa shape index (κ2) is 4.77. The predicted octanol–water partition coefficient (Wildman–Crippen LogP) is 0.631. The van der Waals surface area contributed by atoms with E-state index in [0.29, 0.717) is 13.2 Å². The fourth-order valence-electron chi connectivity index (χ4n) is 0.865. The van der Waals surface area contributed by atoms with Crippen molar-refractivity contribution in [1.29, 1.82) is 0 Å². The molecule has 1 aromatic rings. The van der Waals surface area contributed by atoms with Crippen LogP contribution in [0.1, 0.15) is 13.3 Å². The number of aromatic nitrogens is 2. The highest BCUT2D eigenvalue weighted by atomic mass is 16.5. The lowest BCUT2D eigenvalue weighted by atomic mass is 10.5. The Morgan fingerprint density at radius 2 is 2.50 bits per heavy atom. The van der Waals surface area contributed by atoms with Crippen molar-refractivity contribution in [3.8, 4) is 5.75 Å². The zero-order chi connectivity index (χ0) is 8.81. The Hall–Kier alpha value is -1.03. The summed E-state index contributed by atoms with van der Waals surface area (Å²) >= 11 is 0. The second-order valence-electron chi connectivity index (χ2n) is 2.52. The molecule has 4 nitrogen and oxygen atoms in total. The molecule has 68 valence electrons. The summed E-state index contributed by atoms with van der Waals surface area (Å²) in [4.78, 5) is 0. The van der Waals surface area contributed by atoms with E-state index in [2.05, 4.69) is 5.10 Å². The summed E-state index contributed by atoms with van der Waals surface area (Å²) in [5, 5.41) is 4.07. The molecule has 1 heterocycles. The molecule has 0 spiro atoms. The minimum atomic E-state index is 0.669. The van der Waals surface area contributed by atoms with Crippen LogP contribution in [0.3, 0.4) is 0 Å². The summed E-state index contributed by atoms with van der Waals surface area (Å²) in [6, 6.07) is 0. The van der Waals surface area contributed by atoms with E-state index in [1.54, 1.807) is 6.20 Å². The molecule has 0 aliphatic rings. The third kappa shape index (κ3) is 2.54. The Kier molecular flexibility index (Phi) is 3.60. The van der Waals surface area contributed by atoms with Crippen molar-refractivity contribution in [3.63, 3.8) is 0 Å². The average molecular weight is 169 g/mol. The molecule has 0 radical (unpaired) electrons. The first-order valence-electron chi connectivity index (χ1n) is 4.22. The number of rotatable bonds is 5. The topological polar surface area (TPSA) is 53.1 Å². The van der Waals surface area contributed by atoms with Crippen molar-refractivity contribution in [1.82, 2.24) is 9.78 Å². The van der Waals surface area contributed by atoms with Gasteiger partial charge in [0.05, 0.1) is 19.0 Å². The largest absolute Gasteiger partial charge is 0.490 e. The van der Waals surface area contributed by atoms with Gasteiger partial charge in [0.15, 0.2) is 5.75 Å². The summed E-state index contributed by atoms with van der Waals surface area (Å²) < 4.78 is 7.20. The highest BCUT2D eigenvalue weighted by Crippen LogP contribution is 2.07. The highest BCUT2D eigenvalue weighted by molar-refractivity contribution is 5.11. The molecular weight excluding hydrogens is 154 g/mol. The Morgan fingerprint density at radius 3 is 3.08 bits per heavy atom. The van der Waals surface area contributed by atoms with E-state index >= 15 is 0 Å². The van der Waals surface area contributed by atoms with E-state index in [1.165, 1.54) is 0 Å². The molecule has 1 rings (SSSR count). The average Bonchev–Trinajstić information content (AvgIpc) is 2.53. The molecule has 0 unspecified atom stereocenters.